The van der Waals surface area contributed by atoms with E-state index in [1.54, 1.807) is 11.9 Å². The first-order valence-corrected chi connectivity index (χ1v) is 5.35. The van der Waals surface area contributed by atoms with Gasteiger partial charge in [-0.1, -0.05) is 17.7 Å². The Kier molecular flexibility index (Phi) is 4.58. The number of halogens is 1. The number of carbonyl (C=O) groups is 1. The van der Waals surface area contributed by atoms with Gasteiger partial charge in [0.1, 0.15) is 0 Å². The molecule has 0 bridgehead atoms. The van der Waals surface area contributed by atoms with E-state index in [1.807, 2.05) is 25.2 Å². The first kappa shape index (κ1) is 12.8. The molecule has 0 atom stereocenters. The maximum Gasteiger partial charge on any atom is 0.236 e. The van der Waals surface area contributed by atoms with Crippen LogP contribution in [0.15, 0.2) is 18.2 Å². The Morgan fingerprint density at radius 2 is 2.25 bits per heavy atom. The van der Waals surface area contributed by atoms with E-state index in [0.717, 1.165) is 17.8 Å². The molecule has 0 spiro atoms. The van der Waals surface area contributed by atoms with Crippen LogP contribution < -0.4 is 16.0 Å². The molecule has 1 aromatic carbocycles. The van der Waals surface area contributed by atoms with E-state index in [0.29, 0.717) is 5.02 Å². The van der Waals surface area contributed by atoms with Crippen molar-refractivity contribution in [2.45, 2.75) is 6.54 Å². The summed E-state index contributed by atoms with van der Waals surface area (Å²) in [6.07, 6.45) is 0. The fourth-order valence-corrected chi connectivity index (χ4v) is 1.84. The standard InChI is InChI=1S/C11H16ClN3O/c1-14-6-8-3-4-10(9(12)5-8)15(2)7-11(13)16/h3-5,14H,6-7H2,1-2H3,(H2,13,16). The predicted molar refractivity (Wildman–Crippen MR) is 66.7 cm³/mol. The molecule has 16 heavy (non-hydrogen) atoms. The van der Waals surface area contributed by atoms with E-state index in [4.69, 9.17) is 17.3 Å². The molecule has 0 unspecified atom stereocenters. The molecule has 88 valence electrons. The minimum atomic E-state index is -0.377. The number of hydrogen-bond donors (Lipinski definition) is 2. The molecule has 4 nitrogen and oxygen atoms in total. The number of rotatable bonds is 5. The molecule has 1 rings (SSSR count). The lowest BCUT2D eigenvalue weighted by Gasteiger charge is -2.19. The first-order valence-electron chi connectivity index (χ1n) is 4.97. The van der Waals surface area contributed by atoms with Crippen LogP contribution in [-0.4, -0.2) is 26.5 Å². The van der Waals surface area contributed by atoms with Gasteiger partial charge in [0.15, 0.2) is 0 Å². The van der Waals surface area contributed by atoms with Gasteiger partial charge in [-0.05, 0) is 24.7 Å². The molecule has 0 radical (unpaired) electrons. The van der Waals surface area contributed by atoms with Crippen molar-refractivity contribution >= 4 is 23.2 Å². The quantitative estimate of drug-likeness (QED) is 0.808. The van der Waals surface area contributed by atoms with Crippen molar-refractivity contribution in [3.8, 4) is 0 Å². The first-order chi connectivity index (χ1) is 7.54. The Labute approximate surface area is 100 Å². The number of anilines is 1. The van der Waals surface area contributed by atoms with Gasteiger partial charge in [-0.3, -0.25) is 4.79 Å². The fourth-order valence-electron chi connectivity index (χ4n) is 1.49. The topological polar surface area (TPSA) is 58.4 Å². The minimum Gasteiger partial charge on any atom is -0.368 e. The summed E-state index contributed by atoms with van der Waals surface area (Å²) in [7, 11) is 3.66. The third kappa shape index (κ3) is 3.40. The van der Waals surface area contributed by atoms with E-state index in [9.17, 15) is 4.79 Å². The van der Waals surface area contributed by atoms with Crippen LogP contribution in [0.25, 0.3) is 0 Å². The van der Waals surface area contributed by atoms with Gasteiger partial charge in [0, 0.05) is 13.6 Å². The van der Waals surface area contributed by atoms with E-state index in [2.05, 4.69) is 5.32 Å². The van der Waals surface area contributed by atoms with Crippen LogP contribution in [0.5, 0.6) is 0 Å². The van der Waals surface area contributed by atoms with Gasteiger partial charge in [-0.25, -0.2) is 0 Å². The molecule has 0 aromatic heterocycles. The van der Waals surface area contributed by atoms with Crippen molar-refractivity contribution in [2.24, 2.45) is 5.73 Å². The average molecular weight is 242 g/mol. The highest BCUT2D eigenvalue weighted by molar-refractivity contribution is 6.33. The molecule has 0 heterocycles. The SMILES string of the molecule is CNCc1ccc(N(C)CC(N)=O)c(Cl)c1. The molecule has 5 heteroatoms. The lowest BCUT2D eigenvalue weighted by Crippen LogP contribution is -2.30. The Balaban J connectivity index is 2.85. The number of nitrogens with zero attached hydrogens (tertiary/aromatic N) is 1. The highest BCUT2D eigenvalue weighted by atomic mass is 35.5. The second-order valence-corrected chi connectivity index (χ2v) is 4.05. The number of benzene rings is 1. The number of nitrogens with two attached hydrogens (primary N) is 1. The molecule has 0 fully saturated rings. The van der Waals surface area contributed by atoms with Gasteiger partial charge in [-0.15, -0.1) is 0 Å². The predicted octanol–water partition coefficient (Wildman–Crippen LogP) is 0.981. The van der Waals surface area contributed by atoms with Crippen molar-refractivity contribution < 1.29 is 4.79 Å². The lowest BCUT2D eigenvalue weighted by molar-refractivity contribution is -0.116. The summed E-state index contributed by atoms with van der Waals surface area (Å²) >= 11 is 6.12. The summed E-state index contributed by atoms with van der Waals surface area (Å²) in [5, 5.41) is 3.67. The molecule has 0 saturated heterocycles. The Morgan fingerprint density at radius 3 is 2.75 bits per heavy atom. The molecule has 0 aliphatic carbocycles. The number of primary amides is 1. The van der Waals surface area contributed by atoms with Crippen molar-refractivity contribution in [3.63, 3.8) is 0 Å². The van der Waals surface area contributed by atoms with Gasteiger partial charge in [0.05, 0.1) is 17.3 Å². The maximum absolute atomic E-state index is 10.8. The van der Waals surface area contributed by atoms with E-state index in [-0.39, 0.29) is 12.5 Å². The van der Waals surface area contributed by atoms with Gasteiger partial charge in [0.25, 0.3) is 0 Å². The van der Waals surface area contributed by atoms with Crippen LogP contribution in [-0.2, 0) is 11.3 Å². The normalized spacial score (nSPS) is 10.2. The number of likely N-dealkylation sites (N-methyl/N-ethyl adjacent to an activating group) is 1. The van der Waals surface area contributed by atoms with E-state index < -0.39 is 0 Å². The molecule has 0 aliphatic heterocycles. The number of amides is 1. The van der Waals surface area contributed by atoms with Crippen LogP contribution >= 0.6 is 11.6 Å². The molecule has 1 aromatic rings. The van der Waals surface area contributed by atoms with Crippen molar-refractivity contribution in [1.82, 2.24) is 5.32 Å². The van der Waals surface area contributed by atoms with Gasteiger partial charge < -0.3 is 16.0 Å². The van der Waals surface area contributed by atoms with Gasteiger partial charge in [-0.2, -0.15) is 0 Å². The van der Waals surface area contributed by atoms with Crippen LogP contribution in [0, 0.1) is 0 Å². The molecule has 1 amide bonds. The van der Waals surface area contributed by atoms with Crippen LogP contribution in [0.3, 0.4) is 0 Å². The van der Waals surface area contributed by atoms with Gasteiger partial charge >= 0.3 is 0 Å². The average Bonchev–Trinajstić information content (AvgIpc) is 2.16. The van der Waals surface area contributed by atoms with Crippen molar-refractivity contribution in [2.75, 3.05) is 25.5 Å². The number of hydrogen-bond acceptors (Lipinski definition) is 3. The van der Waals surface area contributed by atoms with Gasteiger partial charge in [0.2, 0.25) is 5.91 Å². The summed E-state index contributed by atoms with van der Waals surface area (Å²) in [4.78, 5) is 12.5. The molecule has 0 saturated carbocycles. The van der Waals surface area contributed by atoms with Crippen LogP contribution in [0.1, 0.15) is 5.56 Å². The second kappa shape index (κ2) is 5.72. The third-order valence-corrected chi connectivity index (χ3v) is 2.50. The Hall–Kier alpha value is -1.26. The summed E-state index contributed by atoms with van der Waals surface area (Å²) in [5.74, 6) is -0.377. The molecular formula is C11H16ClN3O. The maximum atomic E-state index is 10.8. The highest BCUT2D eigenvalue weighted by Crippen LogP contribution is 2.25. The zero-order valence-corrected chi connectivity index (χ0v) is 10.2. The third-order valence-electron chi connectivity index (χ3n) is 2.20. The number of carbonyl (C=O) groups excluding carboxylic acids is 1. The smallest absolute Gasteiger partial charge is 0.236 e. The largest absolute Gasteiger partial charge is 0.368 e. The minimum absolute atomic E-state index is 0.158. The highest BCUT2D eigenvalue weighted by Gasteiger charge is 2.08. The fraction of sp³-hybridized carbons (Fsp3) is 0.364. The molecular weight excluding hydrogens is 226 g/mol. The summed E-state index contributed by atoms with van der Waals surface area (Å²) in [6.45, 7) is 0.921. The number of nitrogens with one attached hydrogen (secondary N) is 1. The molecule has 0 aliphatic rings. The van der Waals surface area contributed by atoms with Crippen LogP contribution in [0.4, 0.5) is 5.69 Å². The molecule has 3 N–H and O–H groups in total. The Bertz CT molecular complexity index is 381. The van der Waals surface area contributed by atoms with Crippen molar-refractivity contribution in [1.29, 1.82) is 0 Å². The van der Waals surface area contributed by atoms with Crippen molar-refractivity contribution in [3.05, 3.63) is 28.8 Å². The Morgan fingerprint density at radius 1 is 1.56 bits per heavy atom. The lowest BCUT2D eigenvalue weighted by atomic mass is 10.2. The van der Waals surface area contributed by atoms with Crippen LogP contribution in [0.2, 0.25) is 5.02 Å². The monoisotopic (exact) mass is 241 g/mol. The van der Waals surface area contributed by atoms with E-state index in [1.165, 1.54) is 0 Å². The summed E-state index contributed by atoms with van der Waals surface area (Å²) < 4.78 is 0. The zero-order chi connectivity index (χ0) is 12.1. The summed E-state index contributed by atoms with van der Waals surface area (Å²) in [5.41, 5.74) is 7.03. The van der Waals surface area contributed by atoms with E-state index >= 15 is 0 Å². The zero-order valence-electron chi connectivity index (χ0n) is 9.46. The summed E-state index contributed by atoms with van der Waals surface area (Å²) in [6, 6.07) is 5.73. The second-order valence-electron chi connectivity index (χ2n) is 3.64.